The van der Waals surface area contributed by atoms with Gasteiger partial charge in [0.1, 0.15) is 11.6 Å². The summed E-state index contributed by atoms with van der Waals surface area (Å²) in [5.74, 6) is -2.69. The number of benzene rings is 2. The molecule has 16 heteroatoms. The number of anilines is 3. The highest BCUT2D eigenvalue weighted by atomic mass is 19.4. The van der Waals surface area contributed by atoms with Crippen LogP contribution in [0.15, 0.2) is 48.8 Å². The number of rotatable bonds is 6. The monoisotopic (exact) mass is 730 g/mol. The molecule has 5 heterocycles. The summed E-state index contributed by atoms with van der Waals surface area (Å²) in [4.78, 5) is 69.1. The van der Waals surface area contributed by atoms with Crippen molar-refractivity contribution in [3.63, 3.8) is 0 Å². The van der Waals surface area contributed by atoms with Crippen molar-refractivity contribution in [3.8, 4) is 6.07 Å². The van der Waals surface area contributed by atoms with Crippen molar-refractivity contribution in [1.82, 2.24) is 20.0 Å². The number of imide groups is 2. The molecule has 0 radical (unpaired) electrons. The van der Waals surface area contributed by atoms with Crippen LogP contribution in [-0.4, -0.2) is 76.4 Å². The summed E-state index contributed by atoms with van der Waals surface area (Å²) in [5.41, 5.74) is -0.664. The normalized spacial score (nSPS) is 20.4. The van der Waals surface area contributed by atoms with Crippen LogP contribution in [0.25, 0.3) is 0 Å². The fraction of sp³-hybridized carbons (Fsp3) is 0.432. The van der Waals surface area contributed by atoms with E-state index in [1.807, 2.05) is 6.07 Å². The van der Waals surface area contributed by atoms with Gasteiger partial charge in [-0.05, 0) is 87.8 Å². The number of carbonyl (C=O) groups is 5. The summed E-state index contributed by atoms with van der Waals surface area (Å²) in [6.45, 7) is 6.32. The minimum absolute atomic E-state index is 0.0603. The van der Waals surface area contributed by atoms with Gasteiger partial charge in [0.25, 0.3) is 17.7 Å². The zero-order valence-electron chi connectivity index (χ0n) is 29.1. The maximum absolute atomic E-state index is 13.5. The number of alkyl halides is 3. The molecule has 1 unspecified atom stereocenters. The van der Waals surface area contributed by atoms with E-state index in [1.165, 1.54) is 16.8 Å². The van der Waals surface area contributed by atoms with Crippen molar-refractivity contribution in [3.05, 3.63) is 71.0 Å². The van der Waals surface area contributed by atoms with E-state index in [-0.39, 0.29) is 35.1 Å². The van der Waals surface area contributed by atoms with Crippen molar-refractivity contribution >= 4 is 46.6 Å². The van der Waals surface area contributed by atoms with Crippen molar-refractivity contribution in [2.24, 2.45) is 5.41 Å². The van der Waals surface area contributed by atoms with E-state index in [0.717, 1.165) is 80.3 Å². The first-order chi connectivity index (χ1) is 25.1. The van der Waals surface area contributed by atoms with Crippen molar-refractivity contribution in [1.29, 1.82) is 5.26 Å². The number of carbonyl (C=O) groups excluding carboxylic acids is 5. The minimum atomic E-state index is -4.75. The quantitative estimate of drug-likeness (QED) is 0.350. The van der Waals surface area contributed by atoms with Crippen molar-refractivity contribution in [2.75, 3.05) is 41.3 Å². The van der Waals surface area contributed by atoms with Gasteiger partial charge < -0.3 is 15.1 Å². The zero-order valence-corrected chi connectivity index (χ0v) is 29.1. The number of fused-ring (bicyclic) bond motifs is 1. The van der Waals surface area contributed by atoms with Crippen LogP contribution in [0.2, 0.25) is 0 Å². The topological polar surface area (TPSA) is 161 Å². The van der Waals surface area contributed by atoms with Crippen molar-refractivity contribution < 1.29 is 37.1 Å². The highest BCUT2D eigenvalue weighted by Gasteiger charge is 2.45. The molecule has 5 amide bonds. The number of halogens is 3. The number of aromatic nitrogens is 2. The molecule has 13 nitrogen and oxygen atoms in total. The number of nitrogens with zero attached hydrogens (tertiary/aromatic N) is 6. The third-order valence-corrected chi connectivity index (χ3v) is 11.2. The summed E-state index contributed by atoms with van der Waals surface area (Å²) >= 11 is 0. The summed E-state index contributed by atoms with van der Waals surface area (Å²) in [7, 11) is 0. The van der Waals surface area contributed by atoms with Gasteiger partial charge in [0, 0.05) is 50.2 Å². The fourth-order valence-corrected chi connectivity index (χ4v) is 7.76. The first kappa shape index (κ1) is 35.7. The molecule has 276 valence electrons. The summed E-state index contributed by atoms with van der Waals surface area (Å²) in [6.07, 6.45) is 2.61. The van der Waals surface area contributed by atoms with Crippen LogP contribution in [0.3, 0.4) is 0 Å². The number of piperidine rings is 3. The van der Waals surface area contributed by atoms with E-state index in [2.05, 4.69) is 25.5 Å². The van der Waals surface area contributed by atoms with Gasteiger partial charge in [-0.25, -0.2) is 0 Å². The lowest BCUT2D eigenvalue weighted by Crippen LogP contribution is -2.54. The first-order valence-corrected chi connectivity index (χ1v) is 17.4. The Kier molecular flexibility index (Phi) is 8.78. The molecule has 53 heavy (non-hydrogen) atoms. The van der Waals surface area contributed by atoms with Crippen LogP contribution in [0.5, 0.6) is 0 Å². The second-order valence-corrected chi connectivity index (χ2v) is 14.7. The van der Waals surface area contributed by atoms with Gasteiger partial charge >= 0.3 is 6.18 Å². The van der Waals surface area contributed by atoms with Gasteiger partial charge in [-0.15, -0.1) is 0 Å². The largest absolute Gasteiger partial charge is 0.417 e. The van der Waals surface area contributed by atoms with E-state index in [1.54, 1.807) is 38.4 Å². The maximum Gasteiger partial charge on any atom is 0.417 e. The molecular formula is C37H37F3N8O5. The minimum Gasteiger partial charge on any atom is -0.371 e. The molecule has 3 fully saturated rings. The lowest BCUT2D eigenvalue weighted by molar-refractivity contribution is -0.138. The fourth-order valence-electron chi connectivity index (χ4n) is 7.76. The van der Waals surface area contributed by atoms with E-state index in [0.29, 0.717) is 0 Å². The number of amides is 5. The third-order valence-electron chi connectivity index (χ3n) is 11.2. The molecule has 2 aromatic carbocycles. The SMILES string of the molecule is CC(C)(C(=O)Nc1ccc(C#N)c(C(F)(F)F)c1)n1cc(N2CCC3(CCN(c4ccc5c(c4)C(=O)N(C4CCC(=O)NC4=O)C5=O)CC3)CC2)cn1. The molecule has 1 spiro atoms. The molecule has 0 aliphatic carbocycles. The van der Waals surface area contributed by atoms with Gasteiger partial charge in [0.05, 0.1) is 40.2 Å². The number of nitriles is 1. The third kappa shape index (κ3) is 6.49. The summed E-state index contributed by atoms with van der Waals surface area (Å²) < 4.78 is 41.9. The Morgan fingerprint density at radius 1 is 0.925 bits per heavy atom. The van der Waals surface area contributed by atoms with Crippen molar-refractivity contribution in [2.45, 2.75) is 70.1 Å². The Morgan fingerprint density at radius 3 is 2.19 bits per heavy atom. The van der Waals surface area contributed by atoms with E-state index < -0.39 is 58.4 Å². The summed E-state index contributed by atoms with van der Waals surface area (Å²) in [6, 6.07) is 8.77. The lowest BCUT2D eigenvalue weighted by atomic mass is 9.71. The summed E-state index contributed by atoms with van der Waals surface area (Å²) in [5, 5.41) is 18.3. The predicted octanol–water partition coefficient (Wildman–Crippen LogP) is 4.44. The standard InChI is InChI=1S/C37H37F3N8O5/c1-35(2,34(53)43-23-4-3-22(19-41)28(17-23)37(38,39)40)47-21-25(20-42-47)46-15-11-36(12-16-46)9-13-45(14-10-36)24-5-6-26-27(18-24)33(52)48(32(26)51)29-7-8-30(49)44-31(29)50/h3-6,17-18,20-21,29H,7-16H2,1-2H3,(H,43,53)(H,44,49,50). The highest BCUT2D eigenvalue weighted by molar-refractivity contribution is 6.23. The Morgan fingerprint density at radius 2 is 1.57 bits per heavy atom. The molecule has 4 aliphatic heterocycles. The van der Waals surface area contributed by atoms with Crippen LogP contribution >= 0.6 is 0 Å². The number of hydrogen-bond donors (Lipinski definition) is 2. The van der Waals surface area contributed by atoms with Gasteiger partial charge in [0.15, 0.2) is 0 Å². The van der Waals surface area contributed by atoms with Crippen LogP contribution in [0.4, 0.5) is 30.2 Å². The van der Waals surface area contributed by atoms with Crippen LogP contribution in [0, 0.1) is 16.7 Å². The van der Waals surface area contributed by atoms with Crippen LogP contribution < -0.4 is 20.4 Å². The number of nitrogens with one attached hydrogen (secondary N) is 2. The second kappa shape index (κ2) is 13.0. The Balaban J connectivity index is 0.948. The lowest BCUT2D eigenvalue weighted by Gasteiger charge is -2.47. The molecule has 4 aliphatic rings. The average molecular weight is 731 g/mol. The van der Waals surface area contributed by atoms with E-state index in [9.17, 15) is 37.1 Å². The smallest absolute Gasteiger partial charge is 0.371 e. The Labute approximate surface area is 302 Å². The molecule has 1 atom stereocenters. The van der Waals surface area contributed by atoms with E-state index >= 15 is 0 Å². The van der Waals surface area contributed by atoms with Gasteiger partial charge in [-0.1, -0.05) is 0 Å². The molecular weight excluding hydrogens is 693 g/mol. The Bertz CT molecular complexity index is 2070. The molecule has 0 saturated carbocycles. The molecule has 2 N–H and O–H groups in total. The molecule has 7 rings (SSSR count). The van der Waals surface area contributed by atoms with Crippen LogP contribution in [-0.2, 0) is 26.1 Å². The van der Waals surface area contributed by atoms with Gasteiger partial charge in [-0.3, -0.25) is 38.9 Å². The molecule has 0 bridgehead atoms. The average Bonchev–Trinajstić information content (AvgIpc) is 3.72. The van der Waals surface area contributed by atoms with Gasteiger partial charge in [-0.2, -0.15) is 23.5 Å². The second-order valence-electron chi connectivity index (χ2n) is 14.7. The van der Waals surface area contributed by atoms with Crippen LogP contribution in [0.1, 0.15) is 84.2 Å². The zero-order chi connectivity index (χ0) is 37.9. The number of hydrogen-bond acceptors (Lipinski definition) is 9. The molecule has 3 saturated heterocycles. The maximum atomic E-state index is 13.5. The Hall–Kier alpha value is -5.72. The molecule has 1 aromatic heterocycles. The van der Waals surface area contributed by atoms with Gasteiger partial charge in [0.2, 0.25) is 11.8 Å². The highest BCUT2D eigenvalue weighted by Crippen LogP contribution is 2.44. The molecule has 3 aromatic rings. The van der Waals surface area contributed by atoms with E-state index in [4.69, 9.17) is 5.26 Å². The predicted molar refractivity (Wildman–Crippen MR) is 185 cm³/mol. The first-order valence-electron chi connectivity index (χ1n) is 17.4.